The van der Waals surface area contributed by atoms with Crippen LogP contribution >= 0.6 is 23.2 Å². The second-order valence-corrected chi connectivity index (χ2v) is 7.82. The number of fused-ring (bicyclic) bond motifs is 1. The van der Waals surface area contributed by atoms with Crippen molar-refractivity contribution in [3.05, 3.63) is 62.1 Å². The maximum atomic E-state index is 12.6. The van der Waals surface area contributed by atoms with Crippen LogP contribution < -0.4 is 15.0 Å². The molecule has 1 N–H and O–H groups in total. The minimum Gasteiger partial charge on any atom is -0.493 e. The molecule has 1 atom stereocenters. The lowest BCUT2D eigenvalue weighted by Crippen LogP contribution is -2.38. The molecule has 1 unspecified atom stereocenters. The highest BCUT2D eigenvalue weighted by molar-refractivity contribution is 6.42. The highest BCUT2D eigenvalue weighted by Gasteiger charge is 2.23. The van der Waals surface area contributed by atoms with Crippen LogP contribution in [0.2, 0.25) is 10.0 Å². The van der Waals surface area contributed by atoms with Gasteiger partial charge in [-0.1, -0.05) is 29.3 Å². The molecule has 1 fully saturated rings. The Morgan fingerprint density at radius 2 is 1.93 bits per heavy atom. The van der Waals surface area contributed by atoms with Gasteiger partial charge in [0.25, 0.3) is 5.56 Å². The highest BCUT2D eigenvalue weighted by atomic mass is 35.5. The number of hydrogen-bond acceptors (Lipinski definition) is 6. The van der Waals surface area contributed by atoms with Crippen molar-refractivity contribution in [2.75, 3.05) is 33.9 Å². The number of aromatic amines is 1. The van der Waals surface area contributed by atoms with Crippen LogP contribution in [0.1, 0.15) is 17.5 Å². The third kappa shape index (κ3) is 4.25. The zero-order chi connectivity index (χ0) is 21.3. The van der Waals surface area contributed by atoms with E-state index in [4.69, 9.17) is 37.4 Å². The van der Waals surface area contributed by atoms with E-state index < -0.39 is 0 Å². The molecule has 1 aliphatic rings. The molecular formula is C21H21Cl2N3O4. The number of morpholine rings is 1. The van der Waals surface area contributed by atoms with Gasteiger partial charge in [0, 0.05) is 19.2 Å². The summed E-state index contributed by atoms with van der Waals surface area (Å²) in [5, 5.41) is 1.46. The Morgan fingerprint density at radius 1 is 1.17 bits per heavy atom. The van der Waals surface area contributed by atoms with Gasteiger partial charge in [0.15, 0.2) is 11.5 Å². The SMILES string of the molecule is COc1cc2nc(CN3CCOC(c4ccc(Cl)c(Cl)c4)C3)[nH]c(=O)c2cc1OC. The van der Waals surface area contributed by atoms with Crippen molar-refractivity contribution in [2.45, 2.75) is 12.6 Å². The van der Waals surface area contributed by atoms with E-state index in [1.807, 2.05) is 12.1 Å². The topological polar surface area (TPSA) is 76.7 Å². The van der Waals surface area contributed by atoms with Gasteiger partial charge in [-0.05, 0) is 23.8 Å². The lowest BCUT2D eigenvalue weighted by atomic mass is 10.1. The van der Waals surface area contributed by atoms with E-state index in [-0.39, 0.29) is 11.7 Å². The highest BCUT2D eigenvalue weighted by Crippen LogP contribution is 2.31. The Bertz CT molecular complexity index is 1140. The summed E-state index contributed by atoms with van der Waals surface area (Å²) >= 11 is 12.2. The van der Waals surface area contributed by atoms with Gasteiger partial charge in [-0.15, -0.1) is 0 Å². The molecule has 30 heavy (non-hydrogen) atoms. The number of nitrogens with zero attached hydrogens (tertiary/aromatic N) is 2. The van der Waals surface area contributed by atoms with Gasteiger partial charge < -0.3 is 19.2 Å². The smallest absolute Gasteiger partial charge is 0.258 e. The van der Waals surface area contributed by atoms with E-state index in [0.29, 0.717) is 58.0 Å². The summed E-state index contributed by atoms with van der Waals surface area (Å²) in [5.74, 6) is 1.59. The number of rotatable bonds is 5. The van der Waals surface area contributed by atoms with Gasteiger partial charge in [-0.25, -0.2) is 4.98 Å². The Kier molecular flexibility index (Phi) is 6.15. The first-order valence-electron chi connectivity index (χ1n) is 9.42. The fraction of sp³-hybridized carbons (Fsp3) is 0.333. The van der Waals surface area contributed by atoms with Crippen LogP contribution in [0.4, 0.5) is 0 Å². The Hall–Kier alpha value is -2.32. The normalized spacial score (nSPS) is 17.3. The van der Waals surface area contributed by atoms with E-state index in [9.17, 15) is 4.79 Å². The van der Waals surface area contributed by atoms with Crippen LogP contribution in [-0.4, -0.2) is 48.8 Å². The molecule has 3 aromatic rings. The van der Waals surface area contributed by atoms with E-state index >= 15 is 0 Å². The van der Waals surface area contributed by atoms with E-state index in [1.54, 1.807) is 25.3 Å². The van der Waals surface area contributed by atoms with Crippen molar-refractivity contribution in [1.29, 1.82) is 0 Å². The lowest BCUT2D eigenvalue weighted by Gasteiger charge is -2.32. The molecule has 0 bridgehead atoms. The minimum atomic E-state index is -0.217. The molecule has 7 nitrogen and oxygen atoms in total. The number of aromatic nitrogens is 2. The molecular weight excluding hydrogens is 429 g/mol. The molecule has 158 valence electrons. The average Bonchev–Trinajstić information content (AvgIpc) is 2.75. The predicted octanol–water partition coefficient (Wildman–Crippen LogP) is 3.82. The number of benzene rings is 2. The molecule has 0 aliphatic carbocycles. The summed E-state index contributed by atoms with van der Waals surface area (Å²) < 4.78 is 16.5. The van der Waals surface area contributed by atoms with Crippen molar-refractivity contribution in [1.82, 2.24) is 14.9 Å². The Morgan fingerprint density at radius 3 is 2.67 bits per heavy atom. The molecule has 0 saturated carbocycles. The summed E-state index contributed by atoms with van der Waals surface area (Å²) in [6.07, 6.45) is -0.134. The number of methoxy groups -OCH3 is 2. The minimum absolute atomic E-state index is 0.134. The number of halogens is 2. The molecule has 0 radical (unpaired) electrons. The summed E-state index contributed by atoms with van der Waals surface area (Å²) in [7, 11) is 3.08. The monoisotopic (exact) mass is 449 g/mol. The summed E-state index contributed by atoms with van der Waals surface area (Å²) in [6.45, 7) is 2.42. The first kappa shape index (κ1) is 20.9. The number of ether oxygens (including phenoxy) is 3. The van der Waals surface area contributed by atoms with Gasteiger partial charge in [0.05, 0.1) is 54.4 Å². The average molecular weight is 450 g/mol. The summed E-state index contributed by atoms with van der Waals surface area (Å²) in [5.41, 5.74) is 1.30. The maximum absolute atomic E-state index is 12.6. The van der Waals surface area contributed by atoms with Crippen LogP contribution in [0.25, 0.3) is 10.9 Å². The number of nitrogens with one attached hydrogen (secondary N) is 1. The number of hydrogen-bond donors (Lipinski definition) is 1. The van der Waals surface area contributed by atoms with Crippen molar-refractivity contribution < 1.29 is 14.2 Å². The Balaban J connectivity index is 1.57. The second kappa shape index (κ2) is 8.81. The van der Waals surface area contributed by atoms with Gasteiger partial charge in [0.1, 0.15) is 5.82 Å². The molecule has 2 aromatic carbocycles. The zero-order valence-corrected chi connectivity index (χ0v) is 18.1. The van der Waals surface area contributed by atoms with Crippen LogP contribution in [0.3, 0.4) is 0 Å². The largest absolute Gasteiger partial charge is 0.493 e. The van der Waals surface area contributed by atoms with Gasteiger partial charge in [0.2, 0.25) is 0 Å². The van der Waals surface area contributed by atoms with E-state index in [2.05, 4.69) is 14.9 Å². The zero-order valence-electron chi connectivity index (χ0n) is 16.6. The molecule has 1 aromatic heterocycles. The molecule has 4 rings (SSSR count). The molecule has 1 saturated heterocycles. The fourth-order valence-electron chi connectivity index (χ4n) is 3.56. The van der Waals surface area contributed by atoms with Crippen LogP contribution in [0.5, 0.6) is 11.5 Å². The third-order valence-corrected chi connectivity index (χ3v) is 5.84. The number of H-pyrrole nitrogens is 1. The van der Waals surface area contributed by atoms with Gasteiger partial charge >= 0.3 is 0 Å². The van der Waals surface area contributed by atoms with Gasteiger partial charge in [-0.3, -0.25) is 9.69 Å². The van der Waals surface area contributed by atoms with E-state index in [1.165, 1.54) is 7.11 Å². The van der Waals surface area contributed by atoms with Crippen LogP contribution in [0.15, 0.2) is 35.1 Å². The summed E-state index contributed by atoms with van der Waals surface area (Å²) in [6, 6.07) is 8.86. The van der Waals surface area contributed by atoms with Gasteiger partial charge in [-0.2, -0.15) is 0 Å². The third-order valence-electron chi connectivity index (χ3n) is 5.10. The van der Waals surface area contributed by atoms with E-state index in [0.717, 1.165) is 12.1 Å². The molecule has 2 heterocycles. The fourth-order valence-corrected chi connectivity index (χ4v) is 3.87. The quantitative estimate of drug-likeness (QED) is 0.637. The van der Waals surface area contributed by atoms with Crippen molar-refractivity contribution in [3.8, 4) is 11.5 Å². The predicted molar refractivity (Wildman–Crippen MR) is 116 cm³/mol. The lowest BCUT2D eigenvalue weighted by molar-refractivity contribution is -0.0336. The van der Waals surface area contributed by atoms with Crippen LogP contribution in [0, 0.1) is 0 Å². The molecule has 0 amide bonds. The molecule has 1 aliphatic heterocycles. The standard InChI is InChI=1S/C21H21Cl2N3O4/c1-28-17-8-13-16(9-18(17)29-2)24-20(25-21(13)27)11-26-5-6-30-19(10-26)12-3-4-14(22)15(23)7-12/h3-4,7-9,19H,5-6,10-11H2,1-2H3,(H,24,25,27). The van der Waals surface area contributed by atoms with Crippen molar-refractivity contribution in [3.63, 3.8) is 0 Å². The summed E-state index contributed by atoms with van der Waals surface area (Å²) in [4.78, 5) is 22.3. The molecule has 9 heteroatoms. The van der Waals surface area contributed by atoms with Crippen LogP contribution in [-0.2, 0) is 11.3 Å². The van der Waals surface area contributed by atoms with Crippen molar-refractivity contribution in [2.24, 2.45) is 0 Å². The Labute approximate surface area is 183 Å². The van der Waals surface area contributed by atoms with Crippen molar-refractivity contribution >= 4 is 34.1 Å². The maximum Gasteiger partial charge on any atom is 0.258 e. The first-order valence-corrected chi connectivity index (χ1v) is 10.2. The molecule has 0 spiro atoms. The first-order chi connectivity index (χ1) is 14.5. The second-order valence-electron chi connectivity index (χ2n) is 7.01.